The number of fused-ring (bicyclic) bond motifs is 1. The molecule has 1 aliphatic rings. The van der Waals surface area contributed by atoms with E-state index in [0.29, 0.717) is 5.56 Å². The lowest BCUT2D eigenvalue weighted by molar-refractivity contribution is 0.882. The van der Waals surface area contributed by atoms with Crippen LogP contribution in [-0.2, 0) is 6.42 Å². The normalized spacial score (nSPS) is 12.5. The van der Waals surface area contributed by atoms with E-state index >= 15 is 0 Å². The van der Waals surface area contributed by atoms with Gasteiger partial charge in [-0.2, -0.15) is 10.4 Å². The molecular formula is C17H13N5. The third-order valence-electron chi connectivity index (χ3n) is 3.85. The smallest absolute Gasteiger partial charge is 0.133 e. The zero-order chi connectivity index (χ0) is 14.9. The maximum atomic E-state index is 8.92. The van der Waals surface area contributed by atoms with Crippen LogP contribution in [0.3, 0.4) is 0 Å². The molecule has 4 rings (SSSR count). The molecule has 0 saturated heterocycles. The van der Waals surface area contributed by atoms with Crippen LogP contribution in [0, 0.1) is 11.3 Å². The summed E-state index contributed by atoms with van der Waals surface area (Å²) in [5.74, 6) is 1.04. The van der Waals surface area contributed by atoms with Crippen molar-refractivity contribution in [3.63, 3.8) is 0 Å². The minimum absolute atomic E-state index is 0.648. The Labute approximate surface area is 127 Å². The SMILES string of the molecule is N#Cc1ccc(-n2nc(-c3ccncc3)c3c2NCC3)cc1. The molecule has 0 spiro atoms. The first-order chi connectivity index (χ1) is 10.9. The first-order valence-electron chi connectivity index (χ1n) is 7.13. The number of nitrogens with zero attached hydrogens (tertiary/aromatic N) is 4. The van der Waals surface area contributed by atoms with Crippen molar-refractivity contribution >= 4 is 5.82 Å². The van der Waals surface area contributed by atoms with Crippen LogP contribution in [0.1, 0.15) is 11.1 Å². The first-order valence-corrected chi connectivity index (χ1v) is 7.13. The molecule has 1 N–H and O–H groups in total. The molecule has 0 aliphatic carbocycles. The van der Waals surface area contributed by atoms with Crippen molar-refractivity contribution in [1.82, 2.24) is 14.8 Å². The summed E-state index contributed by atoms with van der Waals surface area (Å²) in [6.45, 7) is 0.918. The number of rotatable bonds is 2. The Morgan fingerprint density at radius 2 is 1.86 bits per heavy atom. The van der Waals surface area contributed by atoms with Crippen LogP contribution in [0.15, 0.2) is 48.8 Å². The third-order valence-corrected chi connectivity index (χ3v) is 3.85. The minimum Gasteiger partial charge on any atom is -0.369 e. The van der Waals surface area contributed by atoms with E-state index in [1.165, 1.54) is 5.56 Å². The second kappa shape index (κ2) is 5.01. The predicted octanol–water partition coefficient (Wildman–Crippen LogP) is 2.77. The summed E-state index contributed by atoms with van der Waals surface area (Å²) in [5, 5.41) is 17.1. The monoisotopic (exact) mass is 287 g/mol. The molecule has 2 aromatic heterocycles. The summed E-state index contributed by atoms with van der Waals surface area (Å²) in [6.07, 6.45) is 4.53. The van der Waals surface area contributed by atoms with Gasteiger partial charge < -0.3 is 5.32 Å². The van der Waals surface area contributed by atoms with E-state index in [1.807, 2.05) is 41.1 Å². The van der Waals surface area contributed by atoms with Crippen molar-refractivity contribution in [2.75, 3.05) is 11.9 Å². The Balaban J connectivity index is 1.86. The Kier molecular flexibility index (Phi) is 2.87. The zero-order valence-electron chi connectivity index (χ0n) is 11.8. The largest absolute Gasteiger partial charge is 0.369 e. The van der Waals surface area contributed by atoms with E-state index in [9.17, 15) is 0 Å². The molecule has 1 aromatic carbocycles. The fourth-order valence-corrected chi connectivity index (χ4v) is 2.78. The van der Waals surface area contributed by atoms with Gasteiger partial charge in [-0.05, 0) is 42.8 Å². The summed E-state index contributed by atoms with van der Waals surface area (Å²) < 4.78 is 1.92. The summed E-state index contributed by atoms with van der Waals surface area (Å²) in [5.41, 5.74) is 4.89. The second-order valence-electron chi connectivity index (χ2n) is 5.16. The van der Waals surface area contributed by atoms with Crippen molar-refractivity contribution in [2.24, 2.45) is 0 Å². The van der Waals surface area contributed by atoms with E-state index in [1.54, 1.807) is 12.4 Å². The highest BCUT2D eigenvalue weighted by Crippen LogP contribution is 2.34. The number of anilines is 1. The van der Waals surface area contributed by atoms with E-state index in [0.717, 1.165) is 35.7 Å². The average molecular weight is 287 g/mol. The molecule has 0 radical (unpaired) electrons. The molecule has 0 atom stereocenters. The lowest BCUT2D eigenvalue weighted by Crippen LogP contribution is -2.04. The Hall–Kier alpha value is -3.13. The van der Waals surface area contributed by atoms with Gasteiger partial charge in [-0.25, -0.2) is 4.68 Å². The molecule has 0 unspecified atom stereocenters. The van der Waals surface area contributed by atoms with E-state index < -0.39 is 0 Å². The summed E-state index contributed by atoms with van der Waals surface area (Å²) in [7, 11) is 0. The number of aromatic nitrogens is 3. The van der Waals surface area contributed by atoms with Gasteiger partial charge >= 0.3 is 0 Å². The highest BCUT2D eigenvalue weighted by Gasteiger charge is 2.23. The summed E-state index contributed by atoms with van der Waals surface area (Å²) >= 11 is 0. The van der Waals surface area contributed by atoms with Crippen LogP contribution in [0.4, 0.5) is 5.82 Å². The Bertz CT molecular complexity index is 857. The third kappa shape index (κ3) is 1.93. The van der Waals surface area contributed by atoms with Gasteiger partial charge in [0, 0.05) is 30.1 Å². The number of benzene rings is 1. The van der Waals surface area contributed by atoms with Gasteiger partial charge in [0.25, 0.3) is 0 Å². The van der Waals surface area contributed by atoms with Crippen LogP contribution in [0.2, 0.25) is 0 Å². The van der Waals surface area contributed by atoms with E-state index in [4.69, 9.17) is 10.4 Å². The van der Waals surface area contributed by atoms with Gasteiger partial charge in [0.05, 0.1) is 23.0 Å². The number of hydrogen-bond acceptors (Lipinski definition) is 4. The number of nitriles is 1. The van der Waals surface area contributed by atoms with Crippen molar-refractivity contribution in [1.29, 1.82) is 5.26 Å². The molecule has 22 heavy (non-hydrogen) atoms. The van der Waals surface area contributed by atoms with E-state index in [2.05, 4.69) is 16.4 Å². The van der Waals surface area contributed by atoms with Crippen molar-refractivity contribution in [2.45, 2.75) is 6.42 Å². The molecule has 0 saturated carbocycles. The molecule has 5 nitrogen and oxygen atoms in total. The Morgan fingerprint density at radius 3 is 2.59 bits per heavy atom. The maximum Gasteiger partial charge on any atom is 0.133 e. The molecule has 3 aromatic rings. The summed E-state index contributed by atoms with van der Waals surface area (Å²) in [6, 6.07) is 13.5. The topological polar surface area (TPSA) is 66.5 Å². The highest BCUT2D eigenvalue weighted by molar-refractivity contribution is 5.72. The predicted molar refractivity (Wildman–Crippen MR) is 83.7 cm³/mol. The number of nitrogens with one attached hydrogen (secondary N) is 1. The van der Waals surface area contributed by atoms with Crippen LogP contribution in [0.25, 0.3) is 16.9 Å². The van der Waals surface area contributed by atoms with Crippen molar-refractivity contribution in [3.05, 3.63) is 59.9 Å². The fourth-order valence-electron chi connectivity index (χ4n) is 2.78. The highest BCUT2D eigenvalue weighted by atomic mass is 15.3. The van der Waals surface area contributed by atoms with Gasteiger partial charge in [-0.1, -0.05) is 0 Å². The van der Waals surface area contributed by atoms with Crippen LogP contribution in [-0.4, -0.2) is 21.3 Å². The molecule has 1 aliphatic heterocycles. The van der Waals surface area contributed by atoms with E-state index in [-0.39, 0.29) is 0 Å². The molecule has 106 valence electrons. The number of hydrogen-bond donors (Lipinski definition) is 1. The molecule has 5 heteroatoms. The van der Waals surface area contributed by atoms with Crippen LogP contribution < -0.4 is 5.32 Å². The Morgan fingerprint density at radius 1 is 1.09 bits per heavy atom. The summed E-state index contributed by atoms with van der Waals surface area (Å²) in [4.78, 5) is 4.07. The lowest BCUT2D eigenvalue weighted by atomic mass is 10.1. The van der Waals surface area contributed by atoms with Crippen molar-refractivity contribution in [3.8, 4) is 23.0 Å². The fraction of sp³-hybridized carbons (Fsp3) is 0.118. The zero-order valence-corrected chi connectivity index (χ0v) is 11.8. The first kappa shape index (κ1) is 12.6. The van der Waals surface area contributed by atoms with Crippen molar-refractivity contribution < 1.29 is 0 Å². The van der Waals surface area contributed by atoms with Crippen LogP contribution >= 0.6 is 0 Å². The van der Waals surface area contributed by atoms with Gasteiger partial charge in [0.2, 0.25) is 0 Å². The standard InChI is InChI=1S/C17H13N5/c18-11-12-1-3-14(4-2-12)22-17-15(7-10-20-17)16(21-22)13-5-8-19-9-6-13/h1-6,8-9,20H,7,10H2. The lowest BCUT2D eigenvalue weighted by Gasteiger charge is -2.06. The molecular weight excluding hydrogens is 274 g/mol. The molecule has 0 bridgehead atoms. The van der Waals surface area contributed by atoms with Gasteiger partial charge in [0.15, 0.2) is 0 Å². The average Bonchev–Trinajstić information content (AvgIpc) is 3.18. The minimum atomic E-state index is 0.648. The molecule has 0 fully saturated rings. The van der Waals surface area contributed by atoms with Gasteiger partial charge in [-0.15, -0.1) is 0 Å². The quantitative estimate of drug-likeness (QED) is 0.787. The number of pyridine rings is 1. The molecule has 3 heterocycles. The van der Waals surface area contributed by atoms with Gasteiger partial charge in [0.1, 0.15) is 5.82 Å². The maximum absolute atomic E-state index is 8.92. The molecule has 0 amide bonds. The van der Waals surface area contributed by atoms with Crippen LogP contribution in [0.5, 0.6) is 0 Å². The van der Waals surface area contributed by atoms with Gasteiger partial charge in [-0.3, -0.25) is 4.98 Å². The second-order valence-corrected chi connectivity index (χ2v) is 5.16.